The van der Waals surface area contributed by atoms with Gasteiger partial charge in [-0.3, -0.25) is 20.2 Å². The third-order valence-electron chi connectivity index (χ3n) is 3.95. The second-order valence-corrected chi connectivity index (χ2v) is 7.15. The Bertz CT molecular complexity index is 1120. The smallest absolute Gasteiger partial charge is 0.409 e. The van der Waals surface area contributed by atoms with Crippen molar-refractivity contribution < 1.29 is 24.4 Å². The minimum atomic E-state index is -1.18. The molecule has 2 amide bonds. The average Bonchev–Trinajstić information content (AvgIpc) is 2.75. The van der Waals surface area contributed by atoms with Gasteiger partial charge in [-0.15, -0.1) is 0 Å². The van der Waals surface area contributed by atoms with Crippen molar-refractivity contribution in [2.45, 2.75) is 9.79 Å². The Labute approximate surface area is 180 Å². The van der Waals surface area contributed by atoms with Crippen LogP contribution in [0.5, 0.6) is 5.88 Å². The number of pyridine rings is 1. The van der Waals surface area contributed by atoms with Crippen molar-refractivity contribution in [3.63, 3.8) is 0 Å². The number of carboxylic acid groups (broad SMARTS) is 1. The van der Waals surface area contributed by atoms with Gasteiger partial charge in [0.05, 0.1) is 28.8 Å². The molecule has 0 saturated heterocycles. The predicted molar refractivity (Wildman–Crippen MR) is 114 cm³/mol. The Morgan fingerprint density at radius 1 is 1.06 bits per heavy atom. The van der Waals surface area contributed by atoms with Gasteiger partial charge in [-0.1, -0.05) is 11.8 Å². The molecule has 10 nitrogen and oxygen atoms in total. The van der Waals surface area contributed by atoms with Crippen molar-refractivity contribution in [1.29, 1.82) is 0 Å². The van der Waals surface area contributed by atoms with E-state index in [0.29, 0.717) is 27.0 Å². The number of benzene rings is 2. The molecular formula is C20H16N4O6S. The summed E-state index contributed by atoms with van der Waals surface area (Å²) in [4.78, 5) is 39.1. The molecule has 2 aromatic carbocycles. The number of nitro groups is 1. The molecule has 11 heteroatoms. The van der Waals surface area contributed by atoms with Crippen molar-refractivity contribution in [3.8, 4) is 5.88 Å². The van der Waals surface area contributed by atoms with Crippen LogP contribution >= 0.6 is 11.8 Å². The lowest BCUT2D eigenvalue weighted by Crippen LogP contribution is -2.12. The van der Waals surface area contributed by atoms with Crippen LogP contribution in [0.25, 0.3) is 0 Å². The molecule has 0 bridgehead atoms. The highest BCUT2D eigenvalue weighted by molar-refractivity contribution is 7.99. The molecule has 1 aromatic heterocycles. The van der Waals surface area contributed by atoms with Crippen LogP contribution in [0, 0.1) is 10.1 Å². The largest absolute Gasteiger partial charge is 0.481 e. The molecule has 31 heavy (non-hydrogen) atoms. The molecule has 0 aliphatic rings. The molecule has 0 spiro atoms. The highest BCUT2D eigenvalue weighted by Crippen LogP contribution is 2.36. The van der Waals surface area contributed by atoms with Crippen LogP contribution in [-0.4, -0.2) is 34.1 Å². The number of hydrogen-bond donors (Lipinski definition) is 3. The number of rotatable bonds is 7. The van der Waals surface area contributed by atoms with Gasteiger partial charge in [-0.05, 0) is 42.5 Å². The van der Waals surface area contributed by atoms with E-state index in [0.717, 1.165) is 11.8 Å². The molecule has 3 aromatic rings. The summed E-state index contributed by atoms with van der Waals surface area (Å²) in [5.74, 6) is -0.127. The molecule has 0 aliphatic heterocycles. The fourth-order valence-electron chi connectivity index (χ4n) is 2.52. The van der Waals surface area contributed by atoms with E-state index in [9.17, 15) is 19.7 Å². The van der Waals surface area contributed by atoms with E-state index in [1.165, 1.54) is 31.5 Å². The van der Waals surface area contributed by atoms with E-state index >= 15 is 0 Å². The van der Waals surface area contributed by atoms with Gasteiger partial charge in [-0.2, -0.15) is 0 Å². The normalized spacial score (nSPS) is 10.2. The molecule has 0 radical (unpaired) electrons. The van der Waals surface area contributed by atoms with Crippen LogP contribution < -0.4 is 15.4 Å². The number of methoxy groups -OCH3 is 1. The van der Waals surface area contributed by atoms with Gasteiger partial charge in [0.25, 0.3) is 11.6 Å². The lowest BCUT2D eigenvalue weighted by atomic mass is 10.2. The van der Waals surface area contributed by atoms with E-state index < -0.39 is 16.9 Å². The van der Waals surface area contributed by atoms with Crippen LogP contribution in [0.2, 0.25) is 0 Å². The van der Waals surface area contributed by atoms with E-state index in [-0.39, 0.29) is 11.3 Å². The Kier molecular flexibility index (Phi) is 6.67. The number of carbonyl (C=O) groups excluding carboxylic acids is 1. The molecular weight excluding hydrogens is 424 g/mol. The number of nitrogens with zero attached hydrogens (tertiary/aromatic N) is 2. The SMILES string of the molecule is COc1ccc(NC(=O)c2ccc(Sc3ccc(NC(=O)O)cc3)c([N+](=O)[O-])c2)cn1. The molecule has 0 fully saturated rings. The summed E-state index contributed by atoms with van der Waals surface area (Å²) in [6.45, 7) is 0. The third kappa shape index (κ3) is 5.70. The van der Waals surface area contributed by atoms with Crippen LogP contribution in [0.4, 0.5) is 21.9 Å². The molecule has 3 rings (SSSR count). The maximum Gasteiger partial charge on any atom is 0.409 e. The molecule has 0 aliphatic carbocycles. The van der Waals surface area contributed by atoms with Gasteiger partial charge in [0.1, 0.15) is 0 Å². The van der Waals surface area contributed by atoms with Crippen LogP contribution in [0.3, 0.4) is 0 Å². The van der Waals surface area contributed by atoms with Gasteiger partial charge >= 0.3 is 6.09 Å². The molecule has 0 saturated carbocycles. The second kappa shape index (κ2) is 9.59. The first kappa shape index (κ1) is 21.6. The number of amides is 2. The quantitative estimate of drug-likeness (QED) is 0.360. The molecule has 158 valence electrons. The van der Waals surface area contributed by atoms with Gasteiger partial charge in [0, 0.05) is 28.3 Å². The molecule has 0 atom stereocenters. The number of anilines is 2. The van der Waals surface area contributed by atoms with Gasteiger partial charge in [-0.25, -0.2) is 9.78 Å². The maximum atomic E-state index is 12.5. The summed E-state index contributed by atoms with van der Waals surface area (Å²) >= 11 is 1.13. The minimum absolute atomic E-state index is 0.118. The molecule has 1 heterocycles. The van der Waals surface area contributed by atoms with Gasteiger partial charge in [0.15, 0.2) is 0 Å². The summed E-state index contributed by atoms with van der Waals surface area (Å²) < 4.78 is 4.96. The fraction of sp³-hybridized carbons (Fsp3) is 0.0500. The highest BCUT2D eigenvalue weighted by atomic mass is 32.2. The monoisotopic (exact) mass is 440 g/mol. The van der Waals surface area contributed by atoms with Gasteiger partial charge < -0.3 is 15.2 Å². The zero-order chi connectivity index (χ0) is 22.4. The summed E-state index contributed by atoms with van der Waals surface area (Å²) in [6, 6.07) is 13.7. The van der Waals surface area contributed by atoms with E-state index in [1.54, 1.807) is 36.4 Å². The number of ether oxygens (including phenoxy) is 1. The fourth-order valence-corrected chi connectivity index (χ4v) is 3.42. The van der Waals surface area contributed by atoms with Gasteiger partial charge in [0.2, 0.25) is 5.88 Å². The highest BCUT2D eigenvalue weighted by Gasteiger charge is 2.19. The van der Waals surface area contributed by atoms with Crippen molar-refractivity contribution in [2.75, 3.05) is 17.7 Å². The van der Waals surface area contributed by atoms with Crippen LogP contribution in [-0.2, 0) is 0 Å². The minimum Gasteiger partial charge on any atom is -0.481 e. The number of hydrogen-bond acceptors (Lipinski definition) is 7. The van der Waals surface area contributed by atoms with Crippen LogP contribution in [0.1, 0.15) is 10.4 Å². The predicted octanol–water partition coefficient (Wildman–Crippen LogP) is 4.49. The first-order valence-electron chi connectivity index (χ1n) is 8.73. The Morgan fingerprint density at radius 3 is 2.35 bits per heavy atom. The summed E-state index contributed by atoms with van der Waals surface area (Å²) in [7, 11) is 1.47. The van der Waals surface area contributed by atoms with E-state index in [2.05, 4.69) is 15.6 Å². The topological polar surface area (TPSA) is 144 Å². The summed E-state index contributed by atoms with van der Waals surface area (Å²) in [5.41, 5.74) is 0.694. The first-order valence-corrected chi connectivity index (χ1v) is 9.55. The van der Waals surface area contributed by atoms with Crippen molar-refractivity contribution in [3.05, 3.63) is 76.5 Å². The maximum absolute atomic E-state index is 12.5. The number of nitro benzene ring substituents is 1. The zero-order valence-electron chi connectivity index (χ0n) is 16.1. The standard InChI is InChI=1S/C20H16N4O6S/c1-30-18-9-5-14(11-21-18)22-19(25)12-2-8-17(16(10-12)24(28)29)31-15-6-3-13(4-7-15)23-20(26)27/h2-11,23H,1H3,(H,22,25)(H,26,27). The van der Waals surface area contributed by atoms with Crippen LogP contribution in [0.15, 0.2) is 70.6 Å². The molecule has 0 unspecified atom stereocenters. The third-order valence-corrected chi connectivity index (χ3v) is 5.03. The number of nitrogens with one attached hydrogen (secondary N) is 2. The average molecular weight is 440 g/mol. The molecule has 3 N–H and O–H groups in total. The lowest BCUT2D eigenvalue weighted by Gasteiger charge is -2.08. The van der Waals surface area contributed by atoms with E-state index in [1.807, 2.05) is 0 Å². The zero-order valence-corrected chi connectivity index (χ0v) is 16.9. The summed E-state index contributed by atoms with van der Waals surface area (Å²) in [6.07, 6.45) is 0.230. The second-order valence-electron chi connectivity index (χ2n) is 6.04. The summed E-state index contributed by atoms with van der Waals surface area (Å²) in [5, 5.41) is 25.1. The Balaban J connectivity index is 1.77. The first-order chi connectivity index (χ1) is 14.9. The number of aromatic nitrogens is 1. The van der Waals surface area contributed by atoms with E-state index in [4.69, 9.17) is 9.84 Å². The van der Waals surface area contributed by atoms with Crippen molar-refractivity contribution in [1.82, 2.24) is 4.98 Å². The lowest BCUT2D eigenvalue weighted by molar-refractivity contribution is -0.387. The Morgan fingerprint density at radius 2 is 1.77 bits per heavy atom. The Hall–Kier alpha value is -4.12. The van der Waals surface area contributed by atoms with Crippen molar-refractivity contribution >= 4 is 40.8 Å². The van der Waals surface area contributed by atoms with Crippen molar-refractivity contribution in [2.24, 2.45) is 0 Å². The number of carbonyl (C=O) groups is 2.